The topological polar surface area (TPSA) is 53.5 Å². The number of pyridine rings is 1. The van der Waals surface area contributed by atoms with Crippen molar-refractivity contribution in [3.8, 4) is 0 Å². The minimum absolute atomic E-state index is 0.130. The molecule has 0 radical (unpaired) electrons. The van der Waals surface area contributed by atoms with Crippen molar-refractivity contribution in [1.29, 1.82) is 0 Å². The summed E-state index contributed by atoms with van der Waals surface area (Å²) < 4.78 is 0. The highest BCUT2D eigenvalue weighted by molar-refractivity contribution is 6.02. The quantitative estimate of drug-likeness (QED) is 0.814. The fourth-order valence-corrected chi connectivity index (χ4v) is 2.69. The summed E-state index contributed by atoms with van der Waals surface area (Å²) in [5, 5.41) is 0. The number of benzene rings is 1. The largest absolute Gasteiger partial charge is 0.328 e. The number of hydrogen-bond donors (Lipinski definition) is 0. The van der Waals surface area contributed by atoms with E-state index >= 15 is 0 Å². The molecule has 1 fully saturated rings. The number of rotatable bonds is 4. The second kappa shape index (κ2) is 5.97. The van der Waals surface area contributed by atoms with Gasteiger partial charge < -0.3 is 4.90 Å². The Kier molecular flexibility index (Phi) is 3.87. The molecule has 0 aliphatic carbocycles. The molecule has 112 valence electrons. The average molecular weight is 295 g/mol. The van der Waals surface area contributed by atoms with Crippen molar-refractivity contribution in [3.05, 3.63) is 66.0 Å². The highest BCUT2D eigenvalue weighted by Gasteiger charge is 2.41. The van der Waals surface area contributed by atoms with Crippen LogP contribution < -0.4 is 0 Å². The Balaban J connectivity index is 2.07. The highest BCUT2D eigenvalue weighted by atomic mass is 16.2. The molecule has 1 atom stereocenters. The first-order chi connectivity index (χ1) is 10.7. The fourth-order valence-electron chi connectivity index (χ4n) is 2.69. The molecule has 0 spiro atoms. The molecule has 1 aliphatic heterocycles. The third kappa shape index (κ3) is 2.45. The lowest BCUT2D eigenvalue weighted by atomic mass is 10.0. The van der Waals surface area contributed by atoms with Gasteiger partial charge in [-0.3, -0.25) is 9.78 Å². The Bertz CT molecular complexity index is 633. The molecule has 3 amide bonds. The standard InChI is InChI=1S/C17H17N3O2/c1-2-19-12-15(21)20(17(19)22)16(13-8-4-3-5-9-13)14-10-6-7-11-18-14/h3-11,16H,2,12H2,1H3. The average Bonchev–Trinajstić information content (AvgIpc) is 2.85. The third-order valence-corrected chi connectivity index (χ3v) is 3.79. The predicted molar refractivity (Wildman–Crippen MR) is 82.0 cm³/mol. The summed E-state index contributed by atoms with van der Waals surface area (Å²) in [4.78, 5) is 32.1. The molecule has 5 nitrogen and oxygen atoms in total. The first kappa shape index (κ1) is 14.3. The van der Waals surface area contributed by atoms with Crippen LogP contribution in [0.3, 0.4) is 0 Å². The summed E-state index contributed by atoms with van der Waals surface area (Å²) >= 11 is 0. The Morgan fingerprint density at radius 3 is 2.41 bits per heavy atom. The van der Waals surface area contributed by atoms with E-state index in [2.05, 4.69) is 4.98 Å². The molecule has 3 rings (SSSR count). The summed E-state index contributed by atoms with van der Waals surface area (Å²) in [6.07, 6.45) is 1.67. The maximum Gasteiger partial charge on any atom is 0.328 e. The van der Waals surface area contributed by atoms with E-state index in [4.69, 9.17) is 0 Å². The van der Waals surface area contributed by atoms with Crippen molar-refractivity contribution in [1.82, 2.24) is 14.8 Å². The smallest absolute Gasteiger partial charge is 0.315 e. The third-order valence-electron chi connectivity index (χ3n) is 3.79. The molecular formula is C17H17N3O2. The number of hydrogen-bond acceptors (Lipinski definition) is 3. The van der Waals surface area contributed by atoms with Crippen molar-refractivity contribution in [2.24, 2.45) is 0 Å². The van der Waals surface area contributed by atoms with Crippen LogP contribution in [0.5, 0.6) is 0 Å². The van der Waals surface area contributed by atoms with Gasteiger partial charge in [-0.15, -0.1) is 0 Å². The van der Waals surface area contributed by atoms with Gasteiger partial charge in [-0.25, -0.2) is 9.69 Å². The van der Waals surface area contributed by atoms with Crippen molar-refractivity contribution < 1.29 is 9.59 Å². The number of urea groups is 1. The van der Waals surface area contributed by atoms with Gasteiger partial charge in [-0.2, -0.15) is 0 Å². The second-order valence-electron chi connectivity index (χ2n) is 5.13. The van der Waals surface area contributed by atoms with Gasteiger partial charge in [0.05, 0.1) is 5.69 Å². The van der Waals surface area contributed by atoms with Crippen LogP contribution in [-0.4, -0.2) is 39.8 Å². The van der Waals surface area contributed by atoms with Crippen molar-refractivity contribution in [3.63, 3.8) is 0 Å². The lowest BCUT2D eigenvalue weighted by molar-refractivity contribution is -0.126. The summed E-state index contributed by atoms with van der Waals surface area (Å²) in [5.74, 6) is -0.189. The van der Waals surface area contributed by atoms with Crippen molar-refractivity contribution in [2.45, 2.75) is 13.0 Å². The maximum absolute atomic E-state index is 12.5. The molecule has 2 aromatic rings. The Labute approximate surface area is 129 Å². The molecule has 0 N–H and O–H groups in total. The van der Waals surface area contributed by atoms with E-state index in [1.165, 1.54) is 4.90 Å². The minimum atomic E-state index is -0.487. The van der Waals surface area contributed by atoms with E-state index in [0.717, 1.165) is 5.56 Å². The summed E-state index contributed by atoms with van der Waals surface area (Å²) in [6.45, 7) is 2.52. The predicted octanol–water partition coefficient (Wildman–Crippen LogP) is 2.46. The van der Waals surface area contributed by atoms with E-state index in [-0.39, 0.29) is 18.5 Å². The number of carbonyl (C=O) groups excluding carboxylic acids is 2. The summed E-state index contributed by atoms with van der Waals surface area (Å²) in [7, 11) is 0. The van der Waals surface area contributed by atoms with Crippen LogP contribution in [0.1, 0.15) is 24.2 Å². The van der Waals surface area contributed by atoms with Gasteiger partial charge in [0.25, 0.3) is 5.91 Å². The monoisotopic (exact) mass is 295 g/mol. The minimum Gasteiger partial charge on any atom is -0.315 e. The van der Waals surface area contributed by atoms with Crippen molar-refractivity contribution in [2.75, 3.05) is 13.1 Å². The number of carbonyl (C=O) groups is 2. The van der Waals surface area contributed by atoms with Crippen LogP contribution in [0.25, 0.3) is 0 Å². The van der Waals surface area contributed by atoms with E-state index in [0.29, 0.717) is 12.2 Å². The normalized spacial score (nSPS) is 16.2. The molecule has 1 aromatic heterocycles. The van der Waals surface area contributed by atoms with Crippen LogP contribution in [0.15, 0.2) is 54.7 Å². The molecule has 22 heavy (non-hydrogen) atoms. The van der Waals surface area contributed by atoms with E-state index in [1.54, 1.807) is 11.1 Å². The number of aromatic nitrogens is 1. The van der Waals surface area contributed by atoms with Gasteiger partial charge in [0.2, 0.25) is 0 Å². The van der Waals surface area contributed by atoms with Gasteiger partial charge in [0, 0.05) is 12.7 Å². The molecule has 2 heterocycles. The molecule has 1 unspecified atom stereocenters. The highest BCUT2D eigenvalue weighted by Crippen LogP contribution is 2.30. The molecule has 0 saturated carbocycles. The van der Waals surface area contributed by atoms with Gasteiger partial charge in [-0.05, 0) is 24.6 Å². The number of nitrogens with zero attached hydrogens (tertiary/aromatic N) is 3. The number of amides is 3. The van der Waals surface area contributed by atoms with Crippen LogP contribution in [0.4, 0.5) is 4.79 Å². The first-order valence-corrected chi connectivity index (χ1v) is 7.29. The summed E-state index contributed by atoms with van der Waals surface area (Å²) in [6, 6.07) is 14.3. The summed E-state index contributed by atoms with van der Waals surface area (Å²) in [5.41, 5.74) is 1.56. The Morgan fingerprint density at radius 1 is 1.09 bits per heavy atom. The molecule has 5 heteroatoms. The van der Waals surface area contributed by atoms with E-state index in [9.17, 15) is 9.59 Å². The van der Waals surface area contributed by atoms with Crippen LogP contribution in [-0.2, 0) is 4.79 Å². The zero-order valence-corrected chi connectivity index (χ0v) is 12.3. The SMILES string of the molecule is CCN1CC(=O)N(C(c2ccccc2)c2ccccn2)C1=O. The Morgan fingerprint density at radius 2 is 1.82 bits per heavy atom. The van der Waals surface area contributed by atoms with Gasteiger partial charge >= 0.3 is 6.03 Å². The molecule has 1 aliphatic rings. The van der Waals surface area contributed by atoms with Crippen LogP contribution >= 0.6 is 0 Å². The molecular weight excluding hydrogens is 278 g/mol. The van der Waals surface area contributed by atoms with E-state index in [1.807, 2.05) is 55.5 Å². The first-order valence-electron chi connectivity index (χ1n) is 7.29. The van der Waals surface area contributed by atoms with Crippen molar-refractivity contribution >= 4 is 11.9 Å². The second-order valence-corrected chi connectivity index (χ2v) is 5.13. The van der Waals surface area contributed by atoms with Crippen LogP contribution in [0, 0.1) is 0 Å². The maximum atomic E-state index is 12.5. The zero-order chi connectivity index (χ0) is 15.5. The zero-order valence-electron chi connectivity index (χ0n) is 12.3. The lowest BCUT2D eigenvalue weighted by Crippen LogP contribution is -2.37. The van der Waals surface area contributed by atoms with Gasteiger partial charge in [-0.1, -0.05) is 36.4 Å². The number of likely N-dealkylation sites (N-methyl/N-ethyl adjacent to an activating group) is 1. The lowest BCUT2D eigenvalue weighted by Gasteiger charge is -2.26. The van der Waals surface area contributed by atoms with Gasteiger partial charge in [0.1, 0.15) is 12.6 Å². The fraction of sp³-hybridized carbons (Fsp3) is 0.235. The Hall–Kier alpha value is -2.69. The van der Waals surface area contributed by atoms with Gasteiger partial charge in [0.15, 0.2) is 0 Å². The van der Waals surface area contributed by atoms with Crippen LogP contribution in [0.2, 0.25) is 0 Å². The molecule has 1 saturated heterocycles. The number of imide groups is 1. The molecule has 0 bridgehead atoms. The molecule has 1 aromatic carbocycles. The van der Waals surface area contributed by atoms with E-state index < -0.39 is 6.04 Å².